The number of carbonyl (C=O) groups is 3. The minimum Gasteiger partial charge on any atom is -0.339 e. The molecule has 2 aliphatic rings. The van der Waals surface area contributed by atoms with Crippen molar-refractivity contribution < 1.29 is 14.4 Å². The van der Waals surface area contributed by atoms with Gasteiger partial charge >= 0.3 is 0 Å². The minimum atomic E-state index is -0.309. The van der Waals surface area contributed by atoms with E-state index < -0.39 is 0 Å². The summed E-state index contributed by atoms with van der Waals surface area (Å²) in [5, 5.41) is 0. The van der Waals surface area contributed by atoms with Gasteiger partial charge in [-0.05, 0) is 43.0 Å². The summed E-state index contributed by atoms with van der Waals surface area (Å²) >= 11 is 0. The highest BCUT2D eigenvalue weighted by Gasteiger charge is 2.36. The summed E-state index contributed by atoms with van der Waals surface area (Å²) in [6, 6.07) is 13.5. The molecule has 0 fully saturated rings. The van der Waals surface area contributed by atoms with Gasteiger partial charge in [-0.2, -0.15) is 0 Å². The van der Waals surface area contributed by atoms with Crippen LogP contribution in [0.1, 0.15) is 56.3 Å². The van der Waals surface area contributed by atoms with Gasteiger partial charge in [0, 0.05) is 20.0 Å². The molecule has 1 unspecified atom stereocenters. The molecule has 3 amide bonds. The molecule has 27 heavy (non-hydrogen) atoms. The average molecular weight is 362 g/mol. The maximum atomic E-state index is 12.7. The first-order valence-corrected chi connectivity index (χ1v) is 9.27. The fourth-order valence-corrected chi connectivity index (χ4v) is 4.10. The zero-order valence-electron chi connectivity index (χ0n) is 15.6. The molecule has 2 aromatic rings. The third-order valence-corrected chi connectivity index (χ3v) is 5.64. The molecule has 2 aromatic carbocycles. The number of hydrogen-bond acceptors (Lipinski definition) is 3. The molecule has 1 aliphatic carbocycles. The largest absolute Gasteiger partial charge is 0.339 e. The Morgan fingerprint density at radius 1 is 1.11 bits per heavy atom. The van der Waals surface area contributed by atoms with Crippen molar-refractivity contribution in [1.29, 1.82) is 0 Å². The number of nitrogens with zero attached hydrogens (tertiary/aromatic N) is 2. The van der Waals surface area contributed by atoms with E-state index in [0.29, 0.717) is 11.1 Å². The van der Waals surface area contributed by atoms with Crippen molar-refractivity contribution in [1.82, 2.24) is 9.80 Å². The van der Waals surface area contributed by atoms with Crippen molar-refractivity contribution in [3.8, 4) is 0 Å². The van der Waals surface area contributed by atoms with E-state index in [9.17, 15) is 14.4 Å². The lowest BCUT2D eigenvalue weighted by Crippen LogP contribution is -2.36. The summed E-state index contributed by atoms with van der Waals surface area (Å²) < 4.78 is 0. The summed E-state index contributed by atoms with van der Waals surface area (Å²) in [5.74, 6) is -0.665. The van der Waals surface area contributed by atoms with Gasteiger partial charge in [0.05, 0.1) is 17.2 Å². The Balaban J connectivity index is 1.43. The molecule has 0 saturated heterocycles. The van der Waals surface area contributed by atoms with E-state index in [-0.39, 0.29) is 36.7 Å². The number of fused-ring (bicyclic) bond motifs is 2. The maximum Gasteiger partial charge on any atom is 0.261 e. The molecule has 0 N–H and O–H groups in total. The van der Waals surface area contributed by atoms with Crippen LogP contribution in [0.2, 0.25) is 0 Å². The van der Waals surface area contributed by atoms with Gasteiger partial charge in [0.15, 0.2) is 0 Å². The van der Waals surface area contributed by atoms with Crippen LogP contribution >= 0.6 is 0 Å². The van der Waals surface area contributed by atoms with Gasteiger partial charge in [-0.15, -0.1) is 0 Å². The van der Waals surface area contributed by atoms with E-state index in [1.165, 1.54) is 16.0 Å². The number of amides is 3. The monoisotopic (exact) mass is 362 g/mol. The topological polar surface area (TPSA) is 57.7 Å². The molecule has 5 heteroatoms. The number of hydrogen-bond donors (Lipinski definition) is 0. The quantitative estimate of drug-likeness (QED) is 0.785. The van der Waals surface area contributed by atoms with Crippen LogP contribution in [0, 0.1) is 6.92 Å². The molecule has 0 radical (unpaired) electrons. The van der Waals surface area contributed by atoms with E-state index in [1.54, 1.807) is 24.1 Å². The molecule has 0 saturated carbocycles. The number of rotatable bonds is 4. The molecule has 0 bridgehead atoms. The fraction of sp³-hybridized carbons (Fsp3) is 0.318. The van der Waals surface area contributed by atoms with E-state index in [2.05, 4.69) is 12.1 Å². The Bertz CT molecular complexity index is 950. The summed E-state index contributed by atoms with van der Waals surface area (Å²) in [6.07, 6.45) is 2.02. The number of carbonyl (C=O) groups excluding carboxylic acids is 3. The molecule has 4 rings (SSSR count). The molecule has 1 aliphatic heterocycles. The van der Waals surface area contributed by atoms with Crippen LogP contribution in [0.4, 0.5) is 0 Å². The lowest BCUT2D eigenvalue weighted by molar-refractivity contribution is -0.132. The van der Waals surface area contributed by atoms with Gasteiger partial charge in [-0.1, -0.05) is 35.9 Å². The van der Waals surface area contributed by atoms with Gasteiger partial charge < -0.3 is 4.90 Å². The summed E-state index contributed by atoms with van der Waals surface area (Å²) in [7, 11) is 1.81. The number of aryl methyl sites for hydroxylation is 2. The number of imide groups is 1. The predicted octanol–water partition coefficient (Wildman–Crippen LogP) is 3.13. The van der Waals surface area contributed by atoms with E-state index in [0.717, 1.165) is 18.4 Å². The molecule has 1 heterocycles. The van der Waals surface area contributed by atoms with Gasteiger partial charge in [0.2, 0.25) is 5.91 Å². The third-order valence-electron chi connectivity index (χ3n) is 5.64. The summed E-state index contributed by atoms with van der Waals surface area (Å²) in [6.45, 7) is 2.00. The minimum absolute atomic E-state index is 0.0514. The lowest BCUT2D eigenvalue weighted by Gasteiger charge is -2.26. The Labute approximate surface area is 158 Å². The average Bonchev–Trinajstić information content (AvgIpc) is 3.19. The second-order valence-electron chi connectivity index (χ2n) is 7.32. The smallest absolute Gasteiger partial charge is 0.261 e. The standard InChI is InChI=1S/C22H22N2O3/c1-14-7-9-17-18(13-14)22(27)24(21(17)26)12-11-20(25)23(2)19-10-8-15-5-3-4-6-16(15)19/h3-7,9,13,19H,8,10-12H2,1-2H3. The van der Waals surface area contributed by atoms with Gasteiger partial charge in [-0.25, -0.2) is 0 Å². The predicted molar refractivity (Wildman–Crippen MR) is 101 cm³/mol. The Morgan fingerprint density at radius 2 is 1.85 bits per heavy atom. The van der Waals surface area contributed by atoms with Crippen LogP contribution in [0.15, 0.2) is 42.5 Å². The zero-order valence-corrected chi connectivity index (χ0v) is 15.6. The van der Waals surface area contributed by atoms with Gasteiger partial charge in [0.25, 0.3) is 11.8 Å². The van der Waals surface area contributed by atoms with E-state index >= 15 is 0 Å². The van der Waals surface area contributed by atoms with E-state index in [4.69, 9.17) is 0 Å². The van der Waals surface area contributed by atoms with Crippen LogP contribution in [0.5, 0.6) is 0 Å². The van der Waals surface area contributed by atoms with Crippen molar-refractivity contribution in [3.05, 3.63) is 70.3 Å². The van der Waals surface area contributed by atoms with Gasteiger partial charge in [-0.3, -0.25) is 19.3 Å². The van der Waals surface area contributed by atoms with Crippen molar-refractivity contribution >= 4 is 17.7 Å². The Morgan fingerprint density at radius 3 is 2.67 bits per heavy atom. The SMILES string of the molecule is Cc1ccc2c(c1)C(=O)N(CCC(=O)N(C)C1CCc3ccccc31)C2=O. The van der Waals surface area contributed by atoms with Crippen LogP contribution in [0.25, 0.3) is 0 Å². The molecule has 0 spiro atoms. The number of benzene rings is 2. The van der Waals surface area contributed by atoms with Crippen molar-refractivity contribution in [2.24, 2.45) is 0 Å². The molecule has 5 nitrogen and oxygen atoms in total. The summed E-state index contributed by atoms with van der Waals surface area (Å²) in [4.78, 5) is 40.7. The van der Waals surface area contributed by atoms with Crippen LogP contribution in [0.3, 0.4) is 0 Å². The van der Waals surface area contributed by atoms with Crippen molar-refractivity contribution in [3.63, 3.8) is 0 Å². The van der Waals surface area contributed by atoms with Crippen LogP contribution < -0.4 is 0 Å². The fourth-order valence-electron chi connectivity index (χ4n) is 4.10. The van der Waals surface area contributed by atoms with Crippen LogP contribution in [-0.2, 0) is 11.2 Å². The first kappa shape index (κ1) is 17.5. The molecular formula is C22H22N2O3. The highest BCUT2D eigenvalue weighted by molar-refractivity contribution is 6.21. The molecular weight excluding hydrogens is 340 g/mol. The Hall–Kier alpha value is -2.95. The normalized spacial score (nSPS) is 17.9. The molecule has 1 atom stereocenters. The maximum absolute atomic E-state index is 12.7. The van der Waals surface area contributed by atoms with Gasteiger partial charge in [0.1, 0.15) is 0 Å². The van der Waals surface area contributed by atoms with E-state index in [1.807, 2.05) is 25.1 Å². The summed E-state index contributed by atoms with van der Waals surface area (Å²) in [5.41, 5.74) is 4.29. The highest BCUT2D eigenvalue weighted by Crippen LogP contribution is 2.35. The Kier molecular flexibility index (Phi) is 4.30. The molecule has 0 aromatic heterocycles. The molecule has 138 valence electrons. The highest BCUT2D eigenvalue weighted by atomic mass is 16.2. The van der Waals surface area contributed by atoms with Crippen LogP contribution in [-0.4, -0.2) is 41.1 Å². The second kappa shape index (κ2) is 6.65. The first-order chi connectivity index (χ1) is 13.0. The van der Waals surface area contributed by atoms with Crippen molar-refractivity contribution in [2.45, 2.75) is 32.2 Å². The lowest BCUT2D eigenvalue weighted by atomic mass is 10.1. The third kappa shape index (κ3) is 2.93. The second-order valence-corrected chi connectivity index (χ2v) is 7.32. The first-order valence-electron chi connectivity index (χ1n) is 9.27. The van der Waals surface area contributed by atoms with Crippen molar-refractivity contribution in [2.75, 3.05) is 13.6 Å². The zero-order chi connectivity index (χ0) is 19.1.